The standard InChI is InChI=1S/4Na.Ru/q4*+1;+2. The quantitative estimate of drug-likeness (QED) is 0.335. The Bertz CT molecular complexity index is 3.61. The predicted molar refractivity (Wildman–Crippen MR) is 0 cm³/mol. The van der Waals surface area contributed by atoms with Crippen molar-refractivity contribution in [1.29, 1.82) is 0 Å². The topological polar surface area (TPSA) is 0 Å². The molecule has 0 aliphatic heterocycles. The zero-order valence-corrected chi connectivity index (χ0v) is 14.1. The Morgan fingerprint density at radius 1 is 0.400 bits per heavy atom. The second-order valence-corrected chi connectivity index (χ2v) is 0. The van der Waals surface area contributed by atoms with Crippen LogP contribution in [0.1, 0.15) is 0 Å². The van der Waals surface area contributed by atoms with Crippen molar-refractivity contribution in [3.8, 4) is 0 Å². The van der Waals surface area contributed by atoms with Gasteiger partial charge in [0.15, 0.2) is 0 Å². The van der Waals surface area contributed by atoms with Crippen molar-refractivity contribution in [2.24, 2.45) is 0 Å². The normalized spacial score (nSPS) is 0. The minimum atomic E-state index is 0. The van der Waals surface area contributed by atoms with Crippen molar-refractivity contribution in [3.63, 3.8) is 0 Å². The van der Waals surface area contributed by atoms with Crippen molar-refractivity contribution < 1.29 is 138 Å². The summed E-state index contributed by atoms with van der Waals surface area (Å²) in [5.74, 6) is 0. The number of hydrogen-bond acceptors (Lipinski definition) is 0. The molecule has 0 aliphatic rings. The second kappa shape index (κ2) is 23.4. The third-order valence-electron chi connectivity index (χ3n) is 0. The van der Waals surface area contributed by atoms with E-state index in [1.165, 1.54) is 0 Å². The van der Waals surface area contributed by atoms with Gasteiger partial charge in [-0.25, -0.2) is 0 Å². The van der Waals surface area contributed by atoms with Crippen molar-refractivity contribution >= 4 is 0 Å². The molecule has 6 valence electrons. The zero-order chi connectivity index (χ0) is 0. The second-order valence-electron chi connectivity index (χ2n) is 0. The summed E-state index contributed by atoms with van der Waals surface area (Å²) in [6.45, 7) is 0. The van der Waals surface area contributed by atoms with Crippen LogP contribution in [0.15, 0.2) is 0 Å². The van der Waals surface area contributed by atoms with Crippen molar-refractivity contribution in [3.05, 3.63) is 0 Å². The molecule has 0 amide bonds. The molecule has 0 unspecified atom stereocenters. The molecule has 0 nitrogen and oxygen atoms in total. The van der Waals surface area contributed by atoms with Gasteiger partial charge in [-0.3, -0.25) is 0 Å². The van der Waals surface area contributed by atoms with Gasteiger partial charge in [0.25, 0.3) is 0 Å². The van der Waals surface area contributed by atoms with Gasteiger partial charge in [0.1, 0.15) is 0 Å². The van der Waals surface area contributed by atoms with E-state index in [1.54, 1.807) is 0 Å². The summed E-state index contributed by atoms with van der Waals surface area (Å²) >= 11 is 0. The average Bonchev–Trinajstić information content (AvgIpc) is 0. The molecule has 0 aromatic carbocycles. The van der Waals surface area contributed by atoms with E-state index in [0.717, 1.165) is 0 Å². The Hall–Kier alpha value is 4.62. The molecule has 0 heterocycles. The molecule has 5 heavy (non-hydrogen) atoms. The molecule has 0 spiro atoms. The maximum Gasteiger partial charge on any atom is 2.00 e. The van der Waals surface area contributed by atoms with E-state index in [1.807, 2.05) is 0 Å². The maximum absolute atomic E-state index is 0. The predicted octanol–water partition coefficient (Wildman–Crippen LogP) is -12.0. The largest absolute Gasteiger partial charge is 2.00 e. The molecule has 0 aromatic heterocycles. The SMILES string of the molecule is [Na+].[Na+].[Na+].[Na+].[Ru+2]. The van der Waals surface area contributed by atoms with Gasteiger partial charge in [0.2, 0.25) is 0 Å². The van der Waals surface area contributed by atoms with Crippen LogP contribution in [0.25, 0.3) is 0 Å². The molecule has 0 radical (unpaired) electrons. The van der Waals surface area contributed by atoms with E-state index in [4.69, 9.17) is 0 Å². The van der Waals surface area contributed by atoms with E-state index < -0.39 is 0 Å². The van der Waals surface area contributed by atoms with Crippen LogP contribution in [-0.2, 0) is 19.5 Å². The Morgan fingerprint density at radius 3 is 0.400 bits per heavy atom. The van der Waals surface area contributed by atoms with Crippen LogP contribution < -0.4 is 118 Å². The zero-order valence-electron chi connectivity index (χ0n) is 4.35. The Kier molecular flexibility index (Phi) is 157. The molecule has 0 atom stereocenters. The minimum absolute atomic E-state index is 0. The van der Waals surface area contributed by atoms with E-state index in [2.05, 4.69) is 0 Å². The average molecular weight is 193 g/mol. The number of rotatable bonds is 0. The van der Waals surface area contributed by atoms with E-state index in [-0.39, 0.29) is 138 Å². The van der Waals surface area contributed by atoms with Gasteiger partial charge in [-0.15, -0.1) is 0 Å². The first-order valence-corrected chi connectivity index (χ1v) is 0. The van der Waals surface area contributed by atoms with Crippen LogP contribution in [0.5, 0.6) is 0 Å². The Balaban J connectivity index is 0. The van der Waals surface area contributed by atoms with Crippen molar-refractivity contribution in [2.75, 3.05) is 0 Å². The summed E-state index contributed by atoms with van der Waals surface area (Å²) in [4.78, 5) is 0. The Labute approximate surface area is 134 Å². The fourth-order valence-electron chi connectivity index (χ4n) is 0. The first kappa shape index (κ1) is 33.5. The van der Waals surface area contributed by atoms with E-state index in [0.29, 0.717) is 0 Å². The molecule has 0 fully saturated rings. The minimum Gasteiger partial charge on any atom is 1.00 e. The summed E-state index contributed by atoms with van der Waals surface area (Å²) in [6.07, 6.45) is 0. The maximum atomic E-state index is 0. The molecule has 0 bridgehead atoms. The van der Waals surface area contributed by atoms with E-state index in [9.17, 15) is 0 Å². The van der Waals surface area contributed by atoms with Crippen molar-refractivity contribution in [2.45, 2.75) is 0 Å². The number of hydrogen-bond donors (Lipinski definition) is 0. The van der Waals surface area contributed by atoms with Gasteiger partial charge < -0.3 is 0 Å². The van der Waals surface area contributed by atoms with Crippen LogP contribution in [-0.4, -0.2) is 0 Å². The molecule has 0 saturated heterocycles. The van der Waals surface area contributed by atoms with Gasteiger partial charge in [0.05, 0.1) is 0 Å². The summed E-state index contributed by atoms with van der Waals surface area (Å²) in [7, 11) is 0. The molecule has 0 aromatic rings. The summed E-state index contributed by atoms with van der Waals surface area (Å²) in [5, 5.41) is 0. The van der Waals surface area contributed by atoms with E-state index >= 15 is 0 Å². The first-order valence-electron chi connectivity index (χ1n) is 0. The fraction of sp³-hybridized carbons (Fsp3) is 0. The fourth-order valence-corrected chi connectivity index (χ4v) is 0. The van der Waals surface area contributed by atoms with Gasteiger partial charge in [-0.1, -0.05) is 0 Å². The smallest absolute Gasteiger partial charge is 1.00 e. The van der Waals surface area contributed by atoms with Crippen LogP contribution in [0.3, 0.4) is 0 Å². The summed E-state index contributed by atoms with van der Waals surface area (Å²) < 4.78 is 0. The molecule has 0 saturated carbocycles. The molecular weight excluding hydrogens is 193 g/mol. The third-order valence-corrected chi connectivity index (χ3v) is 0. The molecule has 0 rings (SSSR count). The monoisotopic (exact) mass is 194 g/mol. The van der Waals surface area contributed by atoms with Gasteiger partial charge in [-0.2, -0.15) is 0 Å². The Morgan fingerprint density at radius 2 is 0.400 bits per heavy atom. The molecule has 0 aliphatic carbocycles. The van der Waals surface area contributed by atoms with Gasteiger partial charge in [-0.05, 0) is 0 Å². The van der Waals surface area contributed by atoms with Crippen LogP contribution in [0, 0.1) is 0 Å². The van der Waals surface area contributed by atoms with Crippen LogP contribution in [0.4, 0.5) is 0 Å². The summed E-state index contributed by atoms with van der Waals surface area (Å²) in [6, 6.07) is 0. The van der Waals surface area contributed by atoms with Crippen LogP contribution >= 0.6 is 0 Å². The summed E-state index contributed by atoms with van der Waals surface area (Å²) in [5.41, 5.74) is 0. The van der Waals surface area contributed by atoms with Crippen molar-refractivity contribution in [1.82, 2.24) is 0 Å². The molecule has 0 N–H and O–H groups in total. The molecular formula is Na4Ru+6. The third kappa shape index (κ3) is 17.7. The van der Waals surface area contributed by atoms with Gasteiger partial charge >= 0.3 is 138 Å². The van der Waals surface area contributed by atoms with Crippen LogP contribution in [0.2, 0.25) is 0 Å². The van der Waals surface area contributed by atoms with Gasteiger partial charge in [0, 0.05) is 0 Å². The first-order chi connectivity index (χ1) is 0. The molecule has 5 heteroatoms.